The summed E-state index contributed by atoms with van der Waals surface area (Å²) in [5, 5.41) is 8.76. The molecule has 0 fully saturated rings. The van der Waals surface area contributed by atoms with Crippen molar-refractivity contribution in [2.75, 3.05) is 5.73 Å². The lowest BCUT2D eigenvalue weighted by molar-refractivity contribution is 0.0469. The van der Waals surface area contributed by atoms with E-state index in [0.717, 1.165) is 0 Å². The van der Waals surface area contributed by atoms with Crippen LogP contribution < -0.4 is 5.73 Å². The van der Waals surface area contributed by atoms with E-state index in [2.05, 4.69) is 0 Å². The van der Waals surface area contributed by atoms with Crippen molar-refractivity contribution in [3.63, 3.8) is 0 Å². The molecule has 2 aromatic rings. The number of anilines is 1. The number of ether oxygens (including phenoxy) is 1. The van der Waals surface area contributed by atoms with E-state index in [4.69, 9.17) is 15.7 Å². The minimum Gasteiger partial charge on any atom is -0.457 e. The van der Waals surface area contributed by atoms with Crippen LogP contribution in [0.25, 0.3) is 0 Å². The average molecular weight is 284 g/mol. The molecule has 2 aromatic carbocycles. The summed E-state index contributed by atoms with van der Waals surface area (Å²) in [6.07, 6.45) is 0. The number of nitrogens with two attached hydrogens (primary N) is 1. The lowest BCUT2D eigenvalue weighted by Gasteiger charge is -2.10. The normalized spacial score (nSPS) is 9.95. The number of hydrogen-bond donors (Lipinski definition) is 1. The highest BCUT2D eigenvalue weighted by atomic mass is 19.1. The smallest absolute Gasteiger partial charge is 0.340 e. The maximum atomic E-state index is 13.8. The Balaban J connectivity index is 2.18. The number of nitriles is 1. The zero-order valence-corrected chi connectivity index (χ0v) is 11.4. The maximum Gasteiger partial charge on any atom is 0.340 e. The molecule has 5 heteroatoms. The van der Waals surface area contributed by atoms with Gasteiger partial charge in [-0.2, -0.15) is 5.26 Å². The summed E-state index contributed by atoms with van der Waals surface area (Å²) in [4.78, 5) is 12.0. The number of carbonyl (C=O) groups excluding carboxylic acids is 1. The summed E-state index contributed by atoms with van der Waals surface area (Å²) in [6.45, 7) is 1.48. The molecule has 0 saturated carbocycles. The number of rotatable bonds is 3. The number of carbonyl (C=O) groups is 1. The van der Waals surface area contributed by atoms with Gasteiger partial charge in [-0.05, 0) is 24.6 Å². The molecule has 0 spiro atoms. The van der Waals surface area contributed by atoms with E-state index in [0.29, 0.717) is 11.3 Å². The zero-order chi connectivity index (χ0) is 15.4. The second-order valence-electron chi connectivity index (χ2n) is 4.51. The third-order valence-corrected chi connectivity index (χ3v) is 3.07. The molecule has 0 saturated heterocycles. The van der Waals surface area contributed by atoms with Gasteiger partial charge in [0.05, 0.1) is 11.1 Å². The number of halogens is 1. The molecule has 0 amide bonds. The molecule has 0 aromatic heterocycles. The van der Waals surface area contributed by atoms with Crippen molar-refractivity contribution < 1.29 is 13.9 Å². The Morgan fingerprint density at radius 2 is 2.05 bits per heavy atom. The molecular formula is C16H13FN2O2. The molecule has 0 bridgehead atoms. The van der Waals surface area contributed by atoms with Crippen LogP contribution in [0.4, 0.5) is 10.1 Å². The van der Waals surface area contributed by atoms with Crippen LogP contribution in [0.5, 0.6) is 0 Å². The maximum absolute atomic E-state index is 13.8. The van der Waals surface area contributed by atoms with Crippen LogP contribution in [0.1, 0.15) is 27.0 Å². The first-order valence-corrected chi connectivity index (χ1v) is 6.24. The topological polar surface area (TPSA) is 76.1 Å². The van der Waals surface area contributed by atoms with E-state index in [9.17, 15) is 9.18 Å². The van der Waals surface area contributed by atoms with Gasteiger partial charge in [0.2, 0.25) is 0 Å². The predicted octanol–water partition coefficient (Wildman–Crippen LogP) is 2.95. The van der Waals surface area contributed by atoms with E-state index in [1.165, 1.54) is 18.2 Å². The van der Waals surface area contributed by atoms with Gasteiger partial charge in [-0.1, -0.05) is 24.3 Å². The summed E-state index contributed by atoms with van der Waals surface area (Å²) in [6, 6.07) is 11.2. The highest BCUT2D eigenvalue weighted by molar-refractivity contribution is 5.96. The van der Waals surface area contributed by atoms with Gasteiger partial charge >= 0.3 is 5.97 Å². The van der Waals surface area contributed by atoms with E-state index in [-0.39, 0.29) is 23.3 Å². The predicted molar refractivity (Wildman–Crippen MR) is 75.8 cm³/mol. The molecule has 0 atom stereocenters. The summed E-state index contributed by atoms with van der Waals surface area (Å²) in [5.74, 6) is -1.29. The Kier molecular flexibility index (Phi) is 4.19. The average Bonchev–Trinajstić information content (AvgIpc) is 2.46. The van der Waals surface area contributed by atoms with E-state index in [1.54, 1.807) is 31.2 Å². The molecule has 0 unspecified atom stereocenters. The fraction of sp³-hybridized carbons (Fsp3) is 0.125. The van der Waals surface area contributed by atoms with Gasteiger partial charge < -0.3 is 10.5 Å². The number of nitrogens with zero attached hydrogens (tertiary/aromatic N) is 1. The first-order valence-electron chi connectivity index (χ1n) is 6.24. The molecule has 0 aliphatic rings. The van der Waals surface area contributed by atoms with Crippen molar-refractivity contribution in [3.05, 3.63) is 64.5 Å². The number of benzene rings is 2. The monoisotopic (exact) mass is 284 g/mol. The van der Waals surface area contributed by atoms with Gasteiger partial charge in [0, 0.05) is 11.3 Å². The Bertz CT molecular complexity index is 715. The molecule has 106 valence electrons. The minimum absolute atomic E-state index is 0.0843. The fourth-order valence-corrected chi connectivity index (χ4v) is 1.96. The van der Waals surface area contributed by atoms with Crippen LogP contribution in [0.3, 0.4) is 0 Å². The fourth-order valence-electron chi connectivity index (χ4n) is 1.96. The van der Waals surface area contributed by atoms with Crippen molar-refractivity contribution in [1.82, 2.24) is 0 Å². The Morgan fingerprint density at radius 1 is 1.33 bits per heavy atom. The summed E-state index contributed by atoms with van der Waals surface area (Å²) in [5.41, 5.74) is 7.08. The number of hydrogen-bond acceptors (Lipinski definition) is 4. The van der Waals surface area contributed by atoms with Crippen molar-refractivity contribution in [2.45, 2.75) is 13.5 Å². The lowest BCUT2D eigenvalue weighted by Crippen LogP contribution is -2.11. The molecule has 2 rings (SSSR count). The first-order chi connectivity index (χ1) is 10.0. The second-order valence-corrected chi connectivity index (χ2v) is 4.51. The van der Waals surface area contributed by atoms with E-state index >= 15 is 0 Å². The van der Waals surface area contributed by atoms with Crippen LogP contribution >= 0.6 is 0 Å². The first kappa shape index (κ1) is 14.5. The highest BCUT2D eigenvalue weighted by Gasteiger charge is 2.15. The van der Waals surface area contributed by atoms with Gasteiger partial charge in [-0.15, -0.1) is 0 Å². The molecule has 4 nitrogen and oxygen atoms in total. The van der Waals surface area contributed by atoms with Gasteiger partial charge in [-0.3, -0.25) is 0 Å². The number of aryl methyl sites for hydroxylation is 1. The number of nitrogen functional groups attached to an aromatic ring is 1. The molecule has 2 N–H and O–H groups in total. The van der Waals surface area contributed by atoms with Gasteiger partial charge in [-0.25, -0.2) is 9.18 Å². The molecule has 0 aliphatic carbocycles. The lowest BCUT2D eigenvalue weighted by atomic mass is 10.1. The Labute approximate surface area is 121 Å². The number of esters is 1. The largest absolute Gasteiger partial charge is 0.457 e. The summed E-state index contributed by atoms with van der Waals surface area (Å²) < 4.78 is 18.9. The van der Waals surface area contributed by atoms with Crippen molar-refractivity contribution >= 4 is 11.7 Å². The van der Waals surface area contributed by atoms with Gasteiger partial charge in [0.15, 0.2) is 0 Å². The van der Waals surface area contributed by atoms with Gasteiger partial charge in [0.25, 0.3) is 0 Å². The van der Waals surface area contributed by atoms with Crippen molar-refractivity contribution in [2.24, 2.45) is 0 Å². The Morgan fingerprint density at radius 3 is 2.71 bits per heavy atom. The third-order valence-electron chi connectivity index (χ3n) is 3.07. The highest BCUT2D eigenvalue weighted by Crippen LogP contribution is 2.19. The molecule has 0 heterocycles. The third kappa shape index (κ3) is 3.00. The van der Waals surface area contributed by atoms with Crippen LogP contribution in [0, 0.1) is 24.1 Å². The van der Waals surface area contributed by atoms with E-state index in [1.807, 2.05) is 0 Å². The van der Waals surface area contributed by atoms with Crippen LogP contribution in [0.2, 0.25) is 0 Å². The van der Waals surface area contributed by atoms with Crippen molar-refractivity contribution in [3.8, 4) is 6.07 Å². The van der Waals surface area contributed by atoms with Crippen LogP contribution in [0.15, 0.2) is 36.4 Å². The second kappa shape index (κ2) is 6.06. The minimum atomic E-state index is -0.675. The molecular weight excluding hydrogens is 271 g/mol. The van der Waals surface area contributed by atoms with Gasteiger partial charge in [0.1, 0.15) is 18.5 Å². The molecule has 21 heavy (non-hydrogen) atoms. The quantitative estimate of drug-likeness (QED) is 0.694. The Hall–Kier alpha value is -2.87. The molecule has 0 aliphatic heterocycles. The van der Waals surface area contributed by atoms with Crippen LogP contribution in [-0.2, 0) is 11.3 Å². The van der Waals surface area contributed by atoms with Crippen LogP contribution in [-0.4, -0.2) is 5.97 Å². The van der Waals surface area contributed by atoms with Crippen molar-refractivity contribution in [1.29, 1.82) is 5.26 Å². The standard InChI is InChI=1S/C16H13FN2O2/c1-10-4-2-7-13(19)14(10)16(20)21-9-12-6-3-5-11(8-18)15(12)17/h2-7H,9,19H2,1H3. The SMILES string of the molecule is Cc1cccc(N)c1C(=O)OCc1cccc(C#N)c1F. The summed E-state index contributed by atoms with van der Waals surface area (Å²) in [7, 11) is 0. The summed E-state index contributed by atoms with van der Waals surface area (Å²) >= 11 is 0. The zero-order valence-electron chi connectivity index (χ0n) is 11.4. The molecule has 0 radical (unpaired) electrons. The van der Waals surface area contributed by atoms with E-state index < -0.39 is 11.8 Å².